The molecule has 0 aliphatic carbocycles. The SMILES string of the molecule is COc1cccc([C@@H](C)NCC2CN(C(=O)Nc3ccc(F)cc3)c3ccccc3O2)c1. The first-order chi connectivity index (χ1) is 15.5. The predicted molar refractivity (Wildman–Crippen MR) is 123 cm³/mol. The topological polar surface area (TPSA) is 62.8 Å². The third-order valence-electron chi connectivity index (χ3n) is 5.42. The van der Waals surface area contributed by atoms with Crippen LogP contribution in [0.4, 0.5) is 20.6 Å². The van der Waals surface area contributed by atoms with Crippen molar-refractivity contribution in [1.29, 1.82) is 0 Å². The molecule has 2 amide bonds. The van der Waals surface area contributed by atoms with Crippen molar-refractivity contribution in [3.63, 3.8) is 0 Å². The van der Waals surface area contributed by atoms with Gasteiger partial charge in [0.05, 0.1) is 19.3 Å². The minimum absolute atomic E-state index is 0.0763. The van der Waals surface area contributed by atoms with Crippen molar-refractivity contribution in [2.75, 3.05) is 30.4 Å². The van der Waals surface area contributed by atoms with Crippen molar-refractivity contribution in [1.82, 2.24) is 5.32 Å². The van der Waals surface area contributed by atoms with E-state index >= 15 is 0 Å². The van der Waals surface area contributed by atoms with Gasteiger partial charge >= 0.3 is 6.03 Å². The molecule has 3 aromatic carbocycles. The fourth-order valence-corrected chi connectivity index (χ4v) is 3.66. The van der Waals surface area contributed by atoms with E-state index in [0.29, 0.717) is 30.2 Å². The number of benzene rings is 3. The fraction of sp³-hybridized carbons (Fsp3) is 0.240. The molecular formula is C25H26FN3O3. The molecule has 1 aliphatic rings. The molecule has 0 spiro atoms. The Hall–Kier alpha value is -3.58. The summed E-state index contributed by atoms with van der Waals surface area (Å²) in [5.41, 5.74) is 2.33. The van der Waals surface area contributed by atoms with E-state index in [0.717, 1.165) is 11.3 Å². The van der Waals surface area contributed by atoms with Gasteiger partial charge in [-0.3, -0.25) is 4.90 Å². The van der Waals surface area contributed by atoms with E-state index in [2.05, 4.69) is 17.6 Å². The molecule has 1 heterocycles. The summed E-state index contributed by atoms with van der Waals surface area (Å²) in [4.78, 5) is 14.7. The van der Waals surface area contributed by atoms with E-state index in [1.165, 1.54) is 24.3 Å². The molecule has 0 saturated heterocycles. The summed E-state index contributed by atoms with van der Waals surface area (Å²) in [7, 11) is 1.65. The molecule has 0 bridgehead atoms. The zero-order valence-electron chi connectivity index (χ0n) is 18.0. The molecule has 6 nitrogen and oxygen atoms in total. The quantitative estimate of drug-likeness (QED) is 0.573. The molecule has 0 saturated carbocycles. The lowest BCUT2D eigenvalue weighted by molar-refractivity contribution is 0.185. The lowest BCUT2D eigenvalue weighted by Gasteiger charge is -2.35. The van der Waals surface area contributed by atoms with Gasteiger partial charge in [0.25, 0.3) is 0 Å². The van der Waals surface area contributed by atoms with Crippen LogP contribution in [-0.2, 0) is 0 Å². The lowest BCUT2D eigenvalue weighted by Crippen LogP contribution is -2.49. The normalized spacial score (nSPS) is 16.0. The van der Waals surface area contributed by atoms with Crippen LogP contribution >= 0.6 is 0 Å². The summed E-state index contributed by atoms with van der Waals surface area (Å²) in [6, 6.07) is 20.8. The third kappa shape index (κ3) is 5.00. The maximum atomic E-state index is 13.2. The number of fused-ring (bicyclic) bond motifs is 1. The Morgan fingerprint density at radius 1 is 1.16 bits per heavy atom. The number of para-hydroxylation sites is 2. The summed E-state index contributed by atoms with van der Waals surface area (Å²) >= 11 is 0. The number of urea groups is 1. The second-order valence-electron chi connectivity index (χ2n) is 7.66. The number of carbonyl (C=O) groups excluding carboxylic acids is 1. The summed E-state index contributed by atoms with van der Waals surface area (Å²) < 4.78 is 24.6. The minimum Gasteiger partial charge on any atom is -0.497 e. The Morgan fingerprint density at radius 2 is 1.94 bits per heavy atom. The van der Waals surface area contributed by atoms with Crippen LogP contribution in [0.3, 0.4) is 0 Å². The minimum atomic E-state index is -0.351. The average molecular weight is 435 g/mol. The zero-order valence-corrected chi connectivity index (χ0v) is 18.0. The number of ether oxygens (including phenoxy) is 2. The molecular weight excluding hydrogens is 409 g/mol. The van der Waals surface area contributed by atoms with Gasteiger partial charge in [0.2, 0.25) is 0 Å². The Balaban J connectivity index is 1.45. The van der Waals surface area contributed by atoms with Crippen molar-refractivity contribution in [3.8, 4) is 11.5 Å². The van der Waals surface area contributed by atoms with Crippen molar-refractivity contribution >= 4 is 17.4 Å². The molecule has 7 heteroatoms. The highest BCUT2D eigenvalue weighted by atomic mass is 19.1. The summed E-state index contributed by atoms with van der Waals surface area (Å²) in [6.45, 7) is 3.00. The van der Waals surface area contributed by atoms with E-state index in [-0.39, 0.29) is 24.0 Å². The first kappa shape index (κ1) is 21.6. The van der Waals surface area contributed by atoms with Crippen LogP contribution in [0, 0.1) is 5.82 Å². The average Bonchev–Trinajstić information content (AvgIpc) is 2.83. The van der Waals surface area contributed by atoms with Crippen LogP contribution in [0.1, 0.15) is 18.5 Å². The predicted octanol–water partition coefficient (Wildman–Crippen LogP) is 4.98. The highest BCUT2D eigenvalue weighted by Crippen LogP contribution is 2.33. The molecule has 0 radical (unpaired) electrons. The molecule has 2 N–H and O–H groups in total. The van der Waals surface area contributed by atoms with Gasteiger partial charge in [-0.1, -0.05) is 24.3 Å². The van der Waals surface area contributed by atoms with Crippen LogP contribution in [0.5, 0.6) is 11.5 Å². The van der Waals surface area contributed by atoms with Crippen LogP contribution < -0.4 is 25.0 Å². The van der Waals surface area contributed by atoms with Gasteiger partial charge in [0, 0.05) is 18.3 Å². The number of amides is 2. The number of anilines is 2. The van der Waals surface area contributed by atoms with Crippen LogP contribution in [-0.4, -0.2) is 32.3 Å². The van der Waals surface area contributed by atoms with E-state index in [1.54, 1.807) is 12.0 Å². The summed E-state index contributed by atoms with van der Waals surface area (Å²) in [5, 5.41) is 6.32. The van der Waals surface area contributed by atoms with E-state index < -0.39 is 0 Å². The number of nitrogens with one attached hydrogen (secondary N) is 2. The smallest absolute Gasteiger partial charge is 0.326 e. The molecule has 32 heavy (non-hydrogen) atoms. The highest BCUT2D eigenvalue weighted by Gasteiger charge is 2.30. The zero-order chi connectivity index (χ0) is 22.5. The Morgan fingerprint density at radius 3 is 2.72 bits per heavy atom. The number of halogens is 1. The first-order valence-electron chi connectivity index (χ1n) is 10.5. The van der Waals surface area contributed by atoms with E-state index in [1.807, 2.05) is 48.5 Å². The van der Waals surface area contributed by atoms with Crippen molar-refractivity contribution in [2.24, 2.45) is 0 Å². The fourth-order valence-electron chi connectivity index (χ4n) is 3.66. The molecule has 2 atom stereocenters. The molecule has 0 fully saturated rings. The number of rotatable bonds is 6. The number of hydrogen-bond donors (Lipinski definition) is 2. The molecule has 3 aromatic rings. The van der Waals surface area contributed by atoms with Gasteiger partial charge in [-0.25, -0.2) is 9.18 Å². The van der Waals surface area contributed by atoms with Crippen molar-refractivity contribution in [3.05, 3.63) is 84.2 Å². The number of nitrogens with zero attached hydrogens (tertiary/aromatic N) is 1. The van der Waals surface area contributed by atoms with Gasteiger partial charge in [0.1, 0.15) is 23.4 Å². The molecule has 4 rings (SSSR count). The van der Waals surface area contributed by atoms with Gasteiger partial charge in [-0.15, -0.1) is 0 Å². The van der Waals surface area contributed by atoms with Gasteiger partial charge in [0.15, 0.2) is 0 Å². The highest BCUT2D eigenvalue weighted by molar-refractivity contribution is 6.03. The van der Waals surface area contributed by atoms with Crippen LogP contribution in [0.15, 0.2) is 72.8 Å². The standard InChI is InChI=1S/C25H26FN3O3/c1-17(18-6-5-7-21(14-18)31-2)27-15-22-16-29(23-8-3-4-9-24(23)32-22)25(30)28-20-12-10-19(26)11-13-20/h3-14,17,22,27H,15-16H2,1-2H3,(H,28,30)/t17-,22?/m1/s1. The first-order valence-corrected chi connectivity index (χ1v) is 10.5. The summed E-state index contributed by atoms with van der Waals surface area (Å²) in [6.07, 6.45) is -0.239. The van der Waals surface area contributed by atoms with Gasteiger partial charge in [-0.2, -0.15) is 0 Å². The number of carbonyl (C=O) groups is 1. The Kier molecular flexibility index (Phi) is 6.56. The number of methoxy groups -OCH3 is 1. The monoisotopic (exact) mass is 435 g/mol. The maximum absolute atomic E-state index is 13.2. The van der Waals surface area contributed by atoms with Crippen LogP contribution in [0.25, 0.3) is 0 Å². The van der Waals surface area contributed by atoms with Crippen LogP contribution in [0.2, 0.25) is 0 Å². The van der Waals surface area contributed by atoms with Crippen molar-refractivity contribution in [2.45, 2.75) is 19.1 Å². The third-order valence-corrected chi connectivity index (χ3v) is 5.42. The molecule has 0 aromatic heterocycles. The van der Waals surface area contributed by atoms with Crippen molar-refractivity contribution < 1.29 is 18.7 Å². The van der Waals surface area contributed by atoms with E-state index in [9.17, 15) is 9.18 Å². The maximum Gasteiger partial charge on any atom is 0.326 e. The second-order valence-corrected chi connectivity index (χ2v) is 7.66. The Bertz CT molecular complexity index is 1070. The summed E-state index contributed by atoms with van der Waals surface area (Å²) in [5.74, 6) is 1.10. The molecule has 1 unspecified atom stereocenters. The van der Waals surface area contributed by atoms with Gasteiger partial charge in [-0.05, 0) is 61.0 Å². The number of hydrogen-bond acceptors (Lipinski definition) is 4. The van der Waals surface area contributed by atoms with Gasteiger partial charge < -0.3 is 20.1 Å². The second kappa shape index (κ2) is 9.70. The largest absolute Gasteiger partial charge is 0.497 e. The molecule has 1 aliphatic heterocycles. The lowest BCUT2D eigenvalue weighted by atomic mass is 10.1. The molecule has 166 valence electrons. The Labute approximate surface area is 187 Å². The van der Waals surface area contributed by atoms with E-state index in [4.69, 9.17) is 9.47 Å².